The number of benzene rings is 2. The molecule has 0 unspecified atom stereocenters. The molecule has 6 heteroatoms. The van der Waals surface area contributed by atoms with Crippen molar-refractivity contribution in [3.63, 3.8) is 0 Å². The van der Waals surface area contributed by atoms with Crippen molar-refractivity contribution < 1.29 is 8.42 Å². The monoisotopic (exact) mass is 378 g/mol. The summed E-state index contributed by atoms with van der Waals surface area (Å²) < 4.78 is 27.8. The van der Waals surface area contributed by atoms with Crippen LogP contribution in [0.1, 0.15) is 31.2 Å². The van der Waals surface area contributed by atoms with Crippen molar-refractivity contribution in [2.24, 2.45) is 5.73 Å². The van der Waals surface area contributed by atoms with E-state index in [-0.39, 0.29) is 11.5 Å². The van der Waals surface area contributed by atoms with Crippen LogP contribution in [0.2, 0.25) is 5.02 Å². The zero-order chi connectivity index (χ0) is 17.9. The van der Waals surface area contributed by atoms with Crippen molar-refractivity contribution >= 4 is 21.6 Å². The summed E-state index contributed by atoms with van der Waals surface area (Å²) in [7, 11) is -3.48. The van der Waals surface area contributed by atoms with Crippen LogP contribution in [0.3, 0.4) is 0 Å². The van der Waals surface area contributed by atoms with E-state index >= 15 is 0 Å². The Balaban J connectivity index is 1.71. The zero-order valence-corrected chi connectivity index (χ0v) is 15.6. The molecule has 0 aliphatic heterocycles. The Morgan fingerprint density at radius 1 is 1.08 bits per heavy atom. The molecule has 25 heavy (non-hydrogen) atoms. The van der Waals surface area contributed by atoms with E-state index in [0.717, 1.165) is 31.2 Å². The van der Waals surface area contributed by atoms with Gasteiger partial charge in [0.15, 0.2) is 0 Å². The minimum absolute atomic E-state index is 0.0657. The van der Waals surface area contributed by atoms with Gasteiger partial charge in [0.25, 0.3) is 0 Å². The first-order valence-corrected chi connectivity index (χ1v) is 10.3. The number of hydrogen-bond acceptors (Lipinski definition) is 3. The molecule has 3 N–H and O–H groups in total. The molecule has 1 saturated carbocycles. The third-order valence-corrected chi connectivity index (χ3v) is 6.92. The molecule has 1 fully saturated rings. The number of rotatable bonds is 5. The molecule has 0 radical (unpaired) electrons. The van der Waals surface area contributed by atoms with Gasteiger partial charge in [0.1, 0.15) is 0 Å². The van der Waals surface area contributed by atoms with Gasteiger partial charge in [-0.25, -0.2) is 13.1 Å². The van der Waals surface area contributed by atoms with Crippen LogP contribution >= 0.6 is 11.6 Å². The fraction of sp³-hybridized carbons (Fsp3) is 0.368. The Labute approximate surface area is 154 Å². The van der Waals surface area contributed by atoms with Gasteiger partial charge in [0, 0.05) is 23.0 Å². The molecule has 0 heterocycles. The van der Waals surface area contributed by atoms with Gasteiger partial charge in [0.2, 0.25) is 10.0 Å². The summed E-state index contributed by atoms with van der Waals surface area (Å²) in [4.78, 5) is 0.306. The second kappa shape index (κ2) is 7.46. The lowest BCUT2D eigenvalue weighted by molar-refractivity contribution is 0.267. The molecular formula is C19H23ClN2O2S. The van der Waals surface area contributed by atoms with Crippen molar-refractivity contribution in [1.82, 2.24) is 4.72 Å². The van der Waals surface area contributed by atoms with Crippen molar-refractivity contribution in [2.45, 2.75) is 42.0 Å². The Morgan fingerprint density at radius 2 is 1.76 bits per heavy atom. The zero-order valence-electron chi connectivity index (χ0n) is 14.0. The van der Waals surface area contributed by atoms with Crippen LogP contribution in [0.25, 0.3) is 0 Å². The van der Waals surface area contributed by atoms with Crippen LogP contribution in [0.4, 0.5) is 0 Å². The predicted molar refractivity (Wildman–Crippen MR) is 101 cm³/mol. The number of halogens is 1. The van der Waals surface area contributed by atoms with Gasteiger partial charge < -0.3 is 5.73 Å². The fourth-order valence-corrected chi connectivity index (χ4v) is 5.12. The quantitative estimate of drug-likeness (QED) is 0.836. The highest BCUT2D eigenvalue weighted by Gasteiger charge is 2.37. The van der Waals surface area contributed by atoms with Gasteiger partial charge >= 0.3 is 0 Å². The molecule has 2 aromatic rings. The van der Waals surface area contributed by atoms with Crippen LogP contribution in [0.15, 0.2) is 59.5 Å². The molecule has 1 aliphatic rings. The van der Waals surface area contributed by atoms with Crippen molar-refractivity contribution in [1.29, 1.82) is 0 Å². The fourth-order valence-electron chi connectivity index (χ4n) is 3.60. The van der Waals surface area contributed by atoms with E-state index in [2.05, 4.69) is 10.8 Å². The van der Waals surface area contributed by atoms with Gasteiger partial charge in [-0.05, 0) is 55.5 Å². The highest BCUT2D eigenvalue weighted by Crippen LogP contribution is 2.39. The van der Waals surface area contributed by atoms with E-state index in [0.29, 0.717) is 16.5 Å². The molecule has 0 spiro atoms. The molecule has 0 saturated heterocycles. The van der Waals surface area contributed by atoms with Gasteiger partial charge in [-0.2, -0.15) is 0 Å². The van der Waals surface area contributed by atoms with Crippen LogP contribution < -0.4 is 10.5 Å². The van der Waals surface area contributed by atoms with Crippen molar-refractivity contribution in [3.8, 4) is 0 Å². The summed E-state index contributed by atoms with van der Waals surface area (Å²) in [5.74, 6) is 0. The normalized spacial score (nSPS) is 24.2. The Bertz CT molecular complexity index is 816. The third kappa shape index (κ3) is 4.06. The van der Waals surface area contributed by atoms with Crippen LogP contribution in [0, 0.1) is 0 Å². The number of hydrogen-bond donors (Lipinski definition) is 2. The first-order chi connectivity index (χ1) is 12.0. The molecule has 0 atom stereocenters. The van der Waals surface area contributed by atoms with Crippen LogP contribution in [-0.4, -0.2) is 21.0 Å². The smallest absolute Gasteiger partial charge is 0.240 e. The number of sulfonamides is 1. The number of nitrogens with two attached hydrogens (primary N) is 1. The second-order valence-corrected chi connectivity index (χ2v) is 8.85. The maximum Gasteiger partial charge on any atom is 0.240 e. The maximum absolute atomic E-state index is 12.5. The standard InChI is InChI=1S/C19H23ClN2O2S/c20-16-6-4-5-15(13-16)19(14-21)11-9-17(10-12-19)22-25(23,24)18-7-2-1-3-8-18/h1-8,13,17,22H,9-12,14,21H2/t17-,19-. The van der Waals surface area contributed by atoms with Crippen molar-refractivity contribution in [2.75, 3.05) is 6.54 Å². The van der Waals surface area contributed by atoms with E-state index in [1.807, 2.05) is 18.2 Å². The summed E-state index contributed by atoms with van der Waals surface area (Å²) in [6.07, 6.45) is 3.20. The van der Waals surface area contributed by atoms with E-state index in [1.165, 1.54) is 0 Å². The van der Waals surface area contributed by atoms with Gasteiger partial charge in [0.05, 0.1) is 4.90 Å². The molecule has 0 aromatic heterocycles. The summed E-state index contributed by atoms with van der Waals surface area (Å²) in [6.45, 7) is 0.533. The van der Waals surface area contributed by atoms with E-state index < -0.39 is 10.0 Å². The minimum Gasteiger partial charge on any atom is -0.330 e. The minimum atomic E-state index is -3.48. The van der Waals surface area contributed by atoms with E-state index in [9.17, 15) is 8.42 Å². The van der Waals surface area contributed by atoms with Gasteiger partial charge in [-0.15, -0.1) is 0 Å². The Morgan fingerprint density at radius 3 is 2.36 bits per heavy atom. The van der Waals surface area contributed by atoms with Crippen LogP contribution in [0.5, 0.6) is 0 Å². The highest BCUT2D eigenvalue weighted by atomic mass is 35.5. The third-order valence-electron chi connectivity index (χ3n) is 5.15. The average molecular weight is 379 g/mol. The van der Waals surface area contributed by atoms with Gasteiger partial charge in [-0.3, -0.25) is 0 Å². The Kier molecular flexibility index (Phi) is 5.49. The summed E-state index contributed by atoms with van der Waals surface area (Å²) in [5.41, 5.74) is 7.12. The Hall–Kier alpha value is -1.40. The summed E-state index contributed by atoms with van der Waals surface area (Å²) in [6, 6.07) is 16.3. The molecule has 4 nitrogen and oxygen atoms in total. The summed E-state index contributed by atoms with van der Waals surface area (Å²) >= 11 is 6.13. The average Bonchev–Trinajstić information content (AvgIpc) is 2.63. The topological polar surface area (TPSA) is 72.2 Å². The predicted octanol–water partition coefficient (Wildman–Crippen LogP) is 3.46. The van der Waals surface area contributed by atoms with Crippen LogP contribution in [-0.2, 0) is 15.4 Å². The first kappa shape index (κ1) is 18.4. The van der Waals surface area contributed by atoms with E-state index in [4.69, 9.17) is 17.3 Å². The van der Waals surface area contributed by atoms with E-state index in [1.54, 1.807) is 30.3 Å². The molecule has 0 amide bonds. The number of nitrogens with one attached hydrogen (secondary N) is 1. The molecule has 134 valence electrons. The van der Waals surface area contributed by atoms with Crippen molar-refractivity contribution in [3.05, 3.63) is 65.2 Å². The molecule has 0 bridgehead atoms. The highest BCUT2D eigenvalue weighted by molar-refractivity contribution is 7.89. The molecular weight excluding hydrogens is 356 g/mol. The SMILES string of the molecule is NC[C@]1(c2cccc(Cl)c2)CC[C@H](NS(=O)(=O)c2ccccc2)CC1. The summed E-state index contributed by atoms with van der Waals surface area (Å²) in [5, 5.41) is 0.706. The largest absolute Gasteiger partial charge is 0.330 e. The first-order valence-electron chi connectivity index (χ1n) is 8.49. The lowest BCUT2D eigenvalue weighted by Gasteiger charge is -2.40. The molecule has 1 aliphatic carbocycles. The van der Waals surface area contributed by atoms with Gasteiger partial charge in [-0.1, -0.05) is 41.9 Å². The lowest BCUT2D eigenvalue weighted by Crippen LogP contribution is -2.45. The molecule has 2 aromatic carbocycles. The maximum atomic E-state index is 12.5. The molecule has 3 rings (SSSR count). The second-order valence-electron chi connectivity index (χ2n) is 6.70. The lowest BCUT2D eigenvalue weighted by atomic mass is 9.68.